The molecule has 2 nitrogen and oxygen atoms in total. The number of rotatable bonds is 13. The van der Waals surface area contributed by atoms with Crippen molar-refractivity contribution in [3.63, 3.8) is 0 Å². The zero-order valence-electron chi connectivity index (χ0n) is 24.5. The number of carboxylic acid groups (broad SMARTS) is 1. The first kappa shape index (κ1) is 43.3. The topological polar surface area (TPSA) is 37.3 Å². The molecule has 0 aromatic heterocycles. The van der Waals surface area contributed by atoms with Crippen LogP contribution in [0.1, 0.15) is 26.2 Å². The normalized spacial score (nSPS) is 13.9. The second-order valence-electron chi connectivity index (χ2n) is 10.2. The lowest BCUT2D eigenvalue weighted by Crippen LogP contribution is -2.72. The predicted octanol–water partition coefficient (Wildman–Crippen LogP) is 11.1. The van der Waals surface area contributed by atoms with Crippen molar-refractivity contribution in [2.45, 2.75) is 67.9 Å². The van der Waals surface area contributed by atoms with Gasteiger partial charge in [0, 0.05) is 13.4 Å². The van der Waals surface area contributed by atoms with Crippen LogP contribution in [-0.2, 0) is 4.79 Å². The Morgan fingerprint density at radius 2 is 0.918 bits per heavy atom. The summed E-state index contributed by atoms with van der Waals surface area (Å²) < 4.78 is 174. The highest BCUT2D eigenvalue weighted by Gasteiger charge is 2.91. The largest absolute Gasteiger partial charge is 0.477 e. The van der Waals surface area contributed by atoms with Gasteiger partial charge in [0.05, 0.1) is 0 Å². The quantitative estimate of drug-likeness (QED) is 0.137. The highest BCUT2D eigenvalue weighted by Crippen LogP contribution is 2.61. The molecule has 0 bridgehead atoms. The molecule has 19 heteroatoms. The third-order valence-corrected chi connectivity index (χ3v) is 10.8. The lowest BCUT2D eigenvalue weighted by molar-refractivity contribution is -0.425. The van der Waals surface area contributed by atoms with Crippen LogP contribution in [0.25, 0.3) is 0 Å². The van der Waals surface area contributed by atoms with E-state index >= 15 is 0 Å². The van der Waals surface area contributed by atoms with E-state index in [1.807, 2.05) is 0 Å². The summed E-state index contributed by atoms with van der Waals surface area (Å²) in [5, 5.41) is 11.8. The summed E-state index contributed by atoms with van der Waals surface area (Å²) in [6.45, 7) is 1.21. The highest BCUT2D eigenvalue weighted by molar-refractivity contribution is 9.11. The molecular formula is C30H23Br3F13O2P. The van der Waals surface area contributed by atoms with Crippen molar-refractivity contribution in [2.75, 3.05) is 0 Å². The maximum absolute atomic E-state index is 13.3. The number of hydrogen-bond acceptors (Lipinski definition) is 1. The van der Waals surface area contributed by atoms with Crippen LogP contribution < -0.4 is 15.9 Å². The molecule has 0 saturated carbocycles. The second kappa shape index (κ2) is 16.2. The lowest BCUT2D eigenvalue weighted by atomic mass is 9.89. The van der Waals surface area contributed by atoms with E-state index in [4.69, 9.17) is 5.11 Å². The molecule has 0 aliphatic carbocycles. The summed E-state index contributed by atoms with van der Waals surface area (Å²) in [6, 6.07) is 25.9. The molecule has 3 rings (SSSR count). The summed E-state index contributed by atoms with van der Waals surface area (Å²) in [4.78, 5) is 9.91. The Kier molecular flexibility index (Phi) is 14.3. The van der Waals surface area contributed by atoms with E-state index in [2.05, 4.69) is 121 Å². The van der Waals surface area contributed by atoms with Gasteiger partial charge in [-0.05, 0) is 66.7 Å². The minimum atomic E-state index is -8.01. The fourth-order valence-corrected chi connectivity index (χ4v) is 6.94. The number of hydrogen-bond donors (Lipinski definition) is 1. The molecule has 0 amide bonds. The maximum Gasteiger partial charge on any atom is 0.410 e. The maximum atomic E-state index is 13.3. The van der Waals surface area contributed by atoms with E-state index in [9.17, 15) is 61.9 Å². The van der Waals surface area contributed by atoms with Gasteiger partial charge in [0.15, 0.2) is 6.17 Å². The molecule has 1 unspecified atom stereocenters. The predicted molar refractivity (Wildman–Crippen MR) is 170 cm³/mol. The smallest absolute Gasteiger partial charge is 0.410 e. The molecule has 3 aromatic rings. The molecule has 0 aliphatic rings. The van der Waals surface area contributed by atoms with Gasteiger partial charge < -0.3 is 5.11 Å². The second-order valence-corrected chi connectivity index (χ2v) is 15.1. The average Bonchev–Trinajstić information content (AvgIpc) is 3.02. The van der Waals surface area contributed by atoms with E-state index in [1.165, 1.54) is 22.8 Å². The van der Waals surface area contributed by atoms with Gasteiger partial charge in [-0.3, -0.25) is 0 Å². The van der Waals surface area contributed by atoms with E-state index in [0.29, 0.717) is 0 Å². The molecule has 272 valence electrons. The van der Waals surface area contributed by atoms with Gasteiger partial charge in [-0.25, -0.2) is 9.18 Å². The fourth-order valence-electron chi connectivity index (χ4n) is 3.91. The third kappa shape index (κ3) is 8.77. The van der Waals surface area contributed by atoms with Crippen LogP contribution >= 0.6 is 55.7 Å². The number of benzene rings is 3. The zero-order chi connectivity index (χ0) is 37.8. The number of halogens is 16. The van der Waals surface area contributed by atoms with Crippen LogP contribution in [0.15, 0.2) is 86.2 Å². The van der Waals surface area contributed by atoms with Gasteiger partial charge in [-0.2, -0.15) is 52.7 Å². The third-order valence-electron chi connectivity index (χ3n) is 6.72. The van der Waals surface area contributed by atoms with Gasteiger partial charge in [0.1, 0.15) is 0 Å². The summed E-state index contributed by atoms with van der Waals surface area (Å²) in [5.41, 5.74) is 0. The lowest BCUT2D eigenvalue weighted by Gasteiger charge is -2.41. The Hall–Kier alpha value is -1.91. The average molecular weight is 933 g/mol. The molecule has 0 radical (unpaired) electrons. The zero-order valence-corrected chi connectivity index (χ0v) is 30.1. The van der Waals surface area contributed by atoms with Crippen LogP contribution in [0, 0.1) is 0 Å². The van der Waals surface area contributed by atoms with Gasteiger partial charge in [0.2, 0.25) is 0 Å². The molecule has 3 aromatic carbocycles. The summed E-state index contributed by atoms with van der Waals surface area (Å²) in [7, 11) is -0.546. The van der Waals surface area contributed by atoms with E-state index < -0.39 is 68.4 Å². The van der Waals surface area contributed by atoms with E-state index in [0.717, 1.165) is 13.4 Å². The van der Waals surface area contributed by atoms with Crippen LogP contribution in [0.5, 0.6) is 0 Å². The van der Waals surface area contributed by atoms with Crippen LogP contribution in [0.2, 0.25) is 0 Å². The summed E-state index contributed by atoms with van der Waals surface area (Å²) >= 11 is 10.6. The standard InChI is InChI=1S/C18H12Br3P.C12H11F13O2/c19-13-1-7-16(8-2-13)22(17-9-3-14(20)4-10-17)18-11-5-15(21)6-12-18;1-2-3-4-5(13)7(14,15)9(18,19)11(22,23)12(24,25)10(20,21)8(16,17)6(26)27/h1-12H;5H,2-4H2,1H3,(H,26,27). The Balaban J connectivity index is 0.000000345. The Morgan fingerprint density at radius 3 is 1.20 bits per heavy atom. The minimum absolute atomic E-state index is 0.141. The number of alkyl halides is 13. The van der Waals surface area contributed by atoms with Crippen molar-refractivity contribution in [1.82, 2.24) is 0 Å². The van der Waals surface area contributed by atoms with Crippen LogP contribution in [0.3, 0.4) is 0 Å². The molecule has 0 heterocycles. The Labute approximate surface area is 297 Å². The fraction of sp³-hybridized carbons (Fsp3) is 0.367. The number of carboxylic acids is 1. The van der Waals surface area contributed by atoms with Crippen molar-refractivity contribution < 1.29 is 67.0 Å². The summed E-state index contributed by atoms with van der Waals surface area (Å²) in [5.74, 6) is -49.2. The Bertz CT molecular complexity index is 1430. The minimum Gasteiger partial charge on any atom is -0.477 e. The van der Waals surface area contributed by atoms with Crippen LogP contribution in [0.4, 0.5) is 57.1 Å². The Morgan fingerprint density at radius 1 is 0.612 bits per heavy atom. The van der Waals surface area contributed by atoms with Crippen molar-refractivity contribution in [1.29, 1.82) is 0 Å². The highest BCUT2D eigenvalue weighted by atomic mass is 79.9. The molecule has 1 N–H and O–H groups in total. The van der Waals surface area contributed by atoms with Crippen molar-refractivity contribution >= 4 is 77.6 Å². The SMILES string of the molecule is Brc1ccc(P(c2ccc(Br)cc2)c2ccc(Br)cc2)cc1.CCCCC(F)C(F)(F)C(F)(F)C(F)(F)C(F)(F)C(F)(F)C(F)(F)C(=O)O. The van der Waals surface area contributed by atoms with Gasteiger partial charge >= 0.3 is 41.5 Å². The van der Waals surface area contributed by atoms with Crippen LogP contribution in [-0.4, -0.2) is 52.8 Å². The van der Waals surface area contributed by atoms with Crippen molar-refractivity contribution in [2.24, 2.45) is 0 Å². The number of carbonyl (C=O) groups is 1. The molecule has 0 aliphatic heterocycles. The van der Waals surface area contributed by atoms with Gasteiger partial charge in [-0.1, -0.05) is 104 Å². The first-order chi connectivity index (χ1) is 22.3. The first-order valence-corrected chi connectivity index (χ1v) is 17.2. The first-order valence-electron chi connectivity index (χ1n) is 13.5. The van der Waals surface area contributed by atoms with E-state index in [1.54, 1.807) is 0 Å². The molecule has 49 heavy (non-hydrogen) atoms. The summed E-state index contributed by atoms with van der Waals surface area (Å²) in [6.07, 6.45) is -6.55. The number of aliphatic carboxylic acids is 1. The number of unbranched alkanes of at least 4 members (excludes halogenated alkanes) is 1. The molecule has 0 spiro atoms. The van der Waals surface area contributed by atoms with Crippen molar-refractivity contribution in [3.05, 3.63) is 86.2 Å². The van der Waals surface area contributed by atoms with Crippen molar-refractivity contribution in [3.8, 4) is 0 Å². The molecule has 0 saturated heterocycles. The monoisotopic (exact) mass is 930 g/mol. The van der Waals surface area contributed by atoms with E-state index in [-0.39, 0.29) is 6.42 Å². The molecule has 1 atom stereocenters. The van der Waals surface area contributed by atoms with Gasteiger partial charge in [0.25, 0.3) is 0 Å². The van der Waals surface area contributed by atoms with Gasteiger partial charge in [-0.15, -0.1) is 0 Å². The molecular weight excluding hydrogens is 910 g/mol. The molecule has 0 fully saturated rings.